The number of primary amides is 1. The number of urea groups is 1. The number of hydrogen-bond acceptors (Lipinski definition) is 3. The van der Waals surface area contributed by atoms with E-state index >= 15 is 0 Å². The van der Waals surface area contributed by atoms with Crippen molar-refractivity contribution < 1.29 is 14.3 Å². The number of rotatable bonds is 10. The lowest BCUT2D eigenvalue weighted by Crippen LogP contribution is -2.52. The molecule has 0 saturated carbocycles. The lowest BCUT2D eigenvalue weighted by Gasteiger charge is -2.32. The van der Waals surface area contributed by atoms with E-state index in [1.807, 2.05) is 18.4 Å². The third-order valence-corrected chi connectivity index (χ3v) is 6.77. The van der Waals surface area contributed by atoms with Crippen LogP contribution in [0.5, 0.6) is 0 Å². The Hall–Kier alpha value is -0.376. The fourth-order valence-corrected chi connectivity index (χ4v) is 5.08. The highest BCUT2D eigenvalue weighted by atomic mass is 28.3. The van der Waals surface area contributed by atoms with Crippen LogP contribution in [-0.2, 0) is 9.47 Å². The van der Waals surface area contributed by atoms with Gasteiger partial charge in [0, 0.05) is 19.8 Å². The summed E-state index contributed by atoms with van der Waals surface area (Å²) >= 11 is 0. The van der Waals surface area contributed by atoms with E-state index in [1.54, 1.807) is 0 Å². The van der Waals surface area contributed by atoms with Gasteiger partial charge in [0.05, 0.1) is 9.52 Å². The van der Waals surface area contributed by atoms with Crippen LogP contribution in [0.15, 0.2) is 0 Å². The van der Waals surface area contributed by atoms with Crippen LogP contribution in [0.4, 0.5) is 4.79 Å². The van der Waals surface area contributed by atoms with Crippen molar-refractivity contribution in [1.29, 1.82) is 0 Å². The molecule has 0 aromatic carbocycles. The first kappa shape index (κ1) is 18.6. The first-order valence-corrected chi connectivity index (χ1v) is 12.4. The summed E-state index contributed by atoms with van der Waals surface area (Å²) in [5, 5.41) is 0. The number of ether oxygens (including phenoxy) is 2. The summed E-state index contributed by atoms with van der Waals surface area (Å²) in [7, 11) is -2.06. The molecule has 2 N–H and O–H groups in total. The van der Waals surface area contributed by atoms with Crippen molar-refractivity contribution in [2.45, 2.75) is 51.9 Å². The van der Waals surface area contributed by atoms with E-state index < -0.39 is 17.8 Å². The maximum absolute atomic E-state index is 11.4. The third kappa shape index (κ3) is 8.41. The minimum Gasteiger partial charge on any atom is -0.357 e. The van der Waals surface area contributed by atoms with Gasteiger partial charge in [-0.1, -0.05) is 25.7 Å². The second kappa shape index (κ2) is 9.52. The van der Waals surface area contributed by atoms with E-state index in [0.29, 0.717) is 13.2 Å². The highest BCUT2D eigenvalue weighted by molar-refractivity contribution is 6.75. The number of carbonyl (C=O) groups excluding carboxylic acids is 1. The summed E-state index contributed by atoms with van der Waals surface area (Å²) in [6.07, 6.45) is 0.996. The van der Waals surface area contributed by atoms with Gasteiger partial charge in [-0.25, -0.2) is 4.79 Å². The minimum absolute atomic E-state index is 0.0175. The Bertz CT molecular complexity index is 254. The molecule has 0 aliphatic rings. The molecule has 0 bridgehead atoms. The lowest BCUT2D eigenvalue weighted by molar-refractivity contribution is -0.0827. The Balaban J connectivity index is 4.02. The molecule has 0 aromatic heterocycles. The largest absolute Gasteiger partial charge is 0.357 e. The zero-order chi connectivity index (χ0) is 14.9. The number of amides is 2. The molecule has 2 amide bonds. The van der Waals surface area contributed by atoms with E-state index in [0.717, 1.165) is 19.0 Å². The van der Waals surface area contributed by atoms with Gasteiger partial charge in [-0.3, -0.25) is 0 Å². The molecule has 0 atom stereocenters. The van der Waals surface area contributed by atoms with Crippen molar-refractivity contribution in [2.24, 2.45) is 5.73 Å². The van der Waals surface area contributed by atoms with E-state index in [9.17, 15) is 4.79 Å². The van der Waals surface area contributed by atoms with E-state index in [1.165, 1.54) is 0 Å². The molecule has 114 valence electrons. The van der Waals surface area contributed by atoms with Crippen LogP contribution in [0.2, 0.25) is 25.7 Å². The van der Waals surface area contributed by atoms with Crippen molar-refractivity contribution in [3.05, 3.63) is 0 Å². The van der Waals surface area contributed by atoms with Crippen LogP contribution in [0.3, 0.4) is 0 Å². The standard InChI is InChI=1S/C12H30N2O3Si2/c1-6-16-12(17-7-2)18-10-8-9-14(11(13)15)19(3,4)5/h12H,6-10,18H2,1-5H3,(H2,13,15). The lowest BCUT2D eigenvalue weighted by atomic mass is 10.5. The average molecular weight is 307 g/mol. The van der Waals surface area contributed by atoms with Crippen LogP contribution in [0, 0.1) is 0 Å². The second-order valence-corrected chi connectivity index (χ2v) is 12.3. The van der Waals surface area contributed by atoms with Crippen molar-refractivity contribution >= 4 is 23.8 Å². The van der Waals surface area contributed by atoms with Gasteiger partial charge in [0.2, 0.25) is 0 Å². The number of hydrogen-bond donors (Lipinski definition) is 1. The number of nitrogens with zero attached hydrogens (tertiary/aromatic N) is 1. The first-order valence-electron chi connectivity index (χ1n) is 7.13. The van der Waals surface area contributed by atoms with Gasteiger partial charge in [-0.15, -0.1) is 0 Å². The number of nitrogens with two attached hydrogens (primary N) is 1. The summed E-state index contributed by atoms with van der Waals surface area (Å²) in [4.78, 5) is 11.4. The summed E-state index contributed by atoms with van der Waals surface area (Å²) in [6.45, 7) is 12.5. The molecule has 5 nitrogen and oxygen atoms in total. The Morgan fingerprint density at radius 2 is 1.79 bits per heavy atom. The van der Waals surface area contributed by atoms with Gasteiger partial charge in [-0.2, -0.15) is 0 Å². The smallest absolute Gasteiger partial charge is 0.306 e. The molecular weight excluding hydrogens is 276 g/mol. The predicted molar refractivity (Wildman–Crippen MR) is 84.6 cm³/mol. The summed E-state index contributed by atoms with van der Waals surface area (Å²) < 4.78 is 13.0. The molecule has 0 heterocycles. The first-order chi connectivity index (χ1) is 8.82. The van der Waals surface area contributed by atoms with Gasteiger partial charge in [0.25, 0.3) is 0 Å². The Morgan fingerprint density at radius 3 is 2.16 bits per heavy atom. The molecule has 0 fully saturated rings. The van der Waals surface area contributed by atoms with Crippen LogP contribution in [0.25, 0.3) is 0 Å². The summed E-state index contributed by atoms with van der Waals surface area (Å²) in [6, 6.07) is 0.825. The molecule has 0 saturated heterocycles. The number of carbonyl (C=O) groups is 1. The molecule has 0 rings (SSSR count). The fourth-order valence-electron chi connectivity index (χ4n) is 1.94. The van der Waals surface area contributed by atoms with Crippen molar-refractivity contribution in [1.82, 2.24) is 4.57 Å². The van der Waals surface area contributed by atoms with Crippen LogP contribution in [-0.4, -0.2) is 54.0 Å². The van der Waals surface area contributed by atoms with Gasteiger partial charge < -0.3 is 19.8 Å². The maximum atomic E-state index is 11.4. The minimum atomic E-state index is -1.65. The Morgan fingerprint density at radius 1 is 1.26 bits per heavy atom. The predicted octanol–water partition coefficient (Wildman–Crippen LogP) is 1.54. The van der Waals surface area contributed by atoms with Crippen molar-refractivity contribution in [3.63, 3.8) is 0 Å². The van der Waals surface area contributed by atoms with E-state index in [-0.39, 0.29) is 11.9 Å². The highest BCUT2D eigenvalue weighted by Crippen LogP contribution is 2.11. The molecule has 0 spiro atoms. The second-order valence-electron chi connectivity index (χ2n) is 5.50. The van der Waals surface area contributed by atoms with Gasteiger partial charge >= 0.3 is 6.03 Å². The molecule has 0 unspecified atom stereocenters. The molecule has 7 heteroatoms. The van der Waals surface area contributed by atoms with Crippen LogP contribution < -0.4 is 5.73 Å². The van der Waals surface area contributed by atoms with Crippen molar-refractivity contribution in [3.8, 4) is 0 Å². The molecule has 0 aromatic rings. The highest BCUT2D eigenvalue weighted by Gasteiger charge is 2.26. The molecule has 19 heavy (non-hydrogen) atoms. The van der Waals surface area contributed by atoms with Crippen molar-refractivity contribution in [2.75, 3.05) is 19.8 Å². The normalized spacial score (nSPS) is 12.5. The summed E-state index contributed by atoms with van der Waals surface area (Å²) in [5.41, 5.74) is 5.44. The average Bonchev–Trinajstić information content (AvgIpc) is 2.26. The maximum Gasteiger partial charge on any atom is 0.306 e. The fraction of sp³-hybridized carbons (Fsp3) is 0.917. The van der Waals surface area contributed by atoms with E-state index in [4.69, 9.17) is 15.2 Å². The molecule has 0 aliphatic heterocycles. The Labute approximate surface area is 120 Å². The molecule has 0 aliphatic carbocycles. The monoisotopic (exact) mass is 306 g/mol. The third-order valence-electron chi connectivity index (χ3n) is 2.85. The summed E-state index contributed by atoms with van der Waals surface area (Å²) in [5.74, 6) is 0.0175. The van der Waals surface area contributed by atoms with Crippen LogP contribution >= 0.6 is 0 Å². The van der Waals surface area contributed by atoms with Gasteiger partial charge in [0.15, 0.2) is 8.24 Å². The zero-order valence-electron chi connectivity index (χ0n) is 13.1. The topological polar surface area (TPSA) is 64.8 Å². The van der Waals surface area contributed by atoms with Gasteiger partial charge in [-0.05, 0) is 20.3 Å². The molecular formula is C12H30N2O3Si2. The zero-order valence-corrected chi connectivity index (χ0v) is 15.5. The van der Waals surface area contributed by atoms with E-state index in [2.05, 4.69) is 19.6 Å². The quantitative estimate of drug-likeness (QED) is 0.378. The molecule has 0 radical (unpaired) electrons. The SMILES string of the molecule is CCOC(OCC)[SiH2]CCCN(C(N)=O)[Si](C)(C)C. The van der Waals surface area contributed by atoms with Gasteiger partial charge in [0.1, 0.15) is 5.91 Å². The van der Waals surface area contributed by atoms with Crippen LogP contribution in [0.1, 0.15) is 20.3 Å². The Kier molecular flexibility index (Phi) is 9.33.